The van der Waals surface area contributed by atoms with Gasteiger partial charge in [0, 0.05) is 19.6 Å². The molecule has 2 amide bonds. The summed E-state index contributed by atoms with van der Waals surface area (Å²) < 4.78 is 39.8. The zero-order valence-electron chi connectivity index (χ0n) is 13.3. The maximum absolute atomic E-state index is 13.3. The summed E-state index contributed by atoms with van der Waals surface area (Å²) in [6.07, 6.45) is 0.381. The molecule has 23 heavy (non-hydrogen) atoms. The minimum Gasteiger partial charge on any atom is -0.336 e. The summed E-state index contributed by atoms with van der Waals surface area (Å²) in [6, 6.07) is 5.52. The van der Waals surface area contributed by atoms with Crippen LogP contribution >= 0.6 is 0 Å². The number of nitrogens with zero attached hydrogens (tertiary/aromatic N) is 1. The zero-order valence-corrected chi connectivity index (χ0v) is 14.1. The number of amides is 2. The smallest absolute Gasteiger partial charge is 0.317 e. The molecule has 0 bridgehead atoms. The summed E-state index contributed by atoms with van der Waals surface area (Å²) in [6.45, 7) is 4.31. The van der Waals surface area contributed by atoms with Gasteiger partial charge >= 0.3 is 6.03 Å². The predicted molar refractivity (Wildman–Crippen MR) is 86.1 cm³/mol. The second-order valence-electron chi connectivity index (χ2n) is 5.86. The molecule has 2 N–H and O–H groups in total. The zero-order chi connectivity index (χ0) is 17.0. The van der Waals surface area contributed by atoms with Crippen LogP contribution in [0, 0.1) is 5.82 Å². The Kier molecular flexibility index (Phi) is 5.59. The second kappa shape index (κ2) is 7.27. The van der Waals surface area contributed by atoms with Crippen molar-refractivity contribution >= 4 is 16.1 Å². The lowest BCUT2D eigenvalue weighted by molar-refractivity contribution is 0.197. The van der Waals surface area contributed by atoms with Gasteiger partial charge in [0.1, 0.15) is 5.82 Å². The number of urea groups is 1. The quantitative estimate of drug-likeness (QED) is 0.778. The predicted octanol–water partition coefficient (Wildman–Crippen LogP) is 1.09. The highest BCUT2D eigenvalue weighted by Crippen LogP contribution is 2.13. The lowest BCUT2D eigenvalue weighted by atomic mass is 10.0. The van der Waals surface area contributed by atoms with Gasteiger partial charge in [-0.15, -0.1) is 0 Å². The van der Waals surface area contributed by atoms with E-state index in [9.17, 15) is 17.6 Å². The number of sulfonamides is 1. The third-order valence-corrected chi connectivity index (χ3v) is 5.64. The minimum absolute atomic E-state index is 0.102. The van der Waals surface area contributed by atoms with Gasteiger partial charge in [0.05, 0.1) is 11.3 Å². The highest BCUT2D eigenvalue weighted by Gasteiger charge is 2.29. The van der Waals surface area contributed by atoms with Crippen molar-refractivity contribution in [3.8, 4) is 0 Å². The van der Waals surface area contributed by atoms with Crippen molar-refractivity contribution in [3.05, 3.63) is 35.6 Å². The minimum atomic E-state index is -3.42. The first-order valence-corrected chi connectivity index (χ1v) is 9.11. The maximum atomic E-state index is 13.3. The van der Waals surface area contributed by atoms with E-state index in [0.717, 1.165) is 5.56 Å². The number of hydrogen-bond donors (Lipinski definition) is 2. The molecule has 1 saturated heterocycles. The van der Waals surface area contributed by atoms with E-state index in [1.807, 2.05) is 0 Å². The van der Waals surface area contributed by atoms with Crippen LogP contribution in [0.1, 0.15) is 19.4 Å². The molecule has 6 nitrogen and oxygen atoms in total. The van der Waals surface area contributed by atoms with Crippen molar-refractivity contribution in [2.75, 3.05) is 19.6 Å². The van der Waals surface area contributed by atoms with Gasteiger partial charge in [0.15, 0.2) is 0 Å². The molecule has 0 aliphatic carbocycles. The Morgan fingerprint density at radius 1 is 1.39 bits per heavy atom. The number of carbonyl (C=O) groups is 1. The maximum Gasteiger partial charge on any atom is 0.317 e. The number of rotatable bonds is 7. The second-order valence-corrected chi connectivity index (χ2v) is 8.18. The standard InChI is InChI=1S/C15H22FN3O3S/c1-11(2)23(21,22)18-10-14(19-7-6-17-15(19)20)9-12-4-3-5-13(16)8-12/h3-5,8,11,14,18H,6-7,9-10H2,1-2H3,(H,17,20)/t14-/m0/s1. The Bertz CT molecular complexity index is 664. The summed E-state index contributed by atoms with van der Waals surface area (Å²) in [7, 11) is -3.42. The lowest BCUT2D eigenvalue weighted by Crippen LogP contribution is -2.47. The molecule has 128 valence electrons. The van der Waals surface area contributed by atoms with Gasteiger partial charge in [-0.3, -0.25) is 0 Å². The van der Waals surface area contributed by atoms with E-state index in [-0.39, 0.29) is 24.4 Å². The summed E-state index contributed by atoms with van der Waals surface area (Å²) in [4.78, 5) is 13.5. The Balaban J connectivity index is 2.13. The molecule has 0 saturated carbocycles. The monoisotopic (exact) mass is 343 g/mol. The van der Waals surface area contributed by atoms with Gasteiger partial charge in [0.2, 0.25) is 10.0 Å². The van der Waals surface area contributed by atoms with Crippen molar-refractivity contribution in [1.82, 2.24) is 14.9 Å². The Hall–Kier alpha value is -1.67. The van der Waals surface area contributed by atoms with Crippen LogP contribution in [-0.4, -0.2) is 50.3 Å². The Labute approximate surface area is 136 Å². The molecule has 1 fully saturated rings. The highest BCUT2D eigenvalue weighted by molar-refractivity contribution is 7.90. The molecule has 1 aliphatic heterocycles. The summed E-state index contributed by atoms with van der Waals surface area (Å²) in [5.41, 5.74) is 0.721. The molecule has 0 spiro atoms. The van der Waals surface area contributed by atoms with E-state index in [2.05, 4.69) is 10.0 Å². The Morgan fingerprint density at radius 2 is 2.13 bits per heavy atom. The molecule has 1 atom stereocenters. The van der Waals surface area contributed by atoms with Crippen LogP contribution in [0.15, 0.2) is 24.3 Å². The number of benzene rings is 1. The first kappa shape index (κ1) is 17.7. The van der Waals surface area contributed by atoms with Gasteiger partial charge in [-0.2, -0.15) is 0 Å². The van der Waals surface area contributed by atoms with E-state index in [0.29, 0.717) is 19.5 Å². The number of hydrogen-bond acceptors (Lipinski definition) is 3. The van der Waals surface area contributed by atoms with Gasteiger partial charge in [-0.05, 0) is 38.0 Å². The van der Waals surface area contributed by atoms with Crippen LogP contribution < -0.4 is 10.0 Å². The molecule has 1 heterocycles. The SMILES string of the molecule is CC(C)S(=O)(=O)NC[C@H](Cc1cccc(F)c1)N1CCNC1=O. The first-order chi connectivity index (χ1) is 10.8. The van der Waals surface area contributed by atoms with E-state index in [1.165, 1.54) is 12.1 Å². The molecular weight excluding hydrogens is 321 g/mol. The lowest BCUT2D eigenvalue weighted by Gasteiger charge is -2.27. The van der Waals surface area contributed by atoms with Crippen LogP contribution in [0.5, 0.6) is 0 Å². The average molecular weight is 343 g/mol. The molecule has 2 rings (SSSR count). The number of nitrogens with one attached hydrogen (secondary N) is 2. The highest BCUT2D eigenvalue weighted by atomic mass is 32.2. The van der Waals surface area contributed by atoms with Crippen LogP contribution in [0.2, 0.25) is 0 Å². The summed E-state index contributed by atoms with van der Waals surface area (Å²) >= 11 is 0. The molecular formula is C15H22FN3O3S. The van der Waals surface area contributed by atoms with Gasteiger partial charge in [0.25, 0.3) is 0 Å². The number of halogens is 1. The average Bonchev–Trinajstić information content (AvgIpc) is 2.89. The molecule has 0 radical (unpaired) electrons. The van der Waals surface area contributed by atoms with Gasteiger partial charge in [-0.1, -0.05) is 12.1 Å². The van der Waals surface area contributed by atoms with Gasteiger partial charge in [-0.25, -0.2) is 22.3 Å². The van der Waals surface area contributed by atoms with Gasteiger partial charge < -0.3 is 10.2 Å². The van der Waals surface area contributed by atoms with Crippen LogP contribution in [0.4, 0.5) is 9.18 Å². The van der Waals surface area contributed by atoms with Crippen molar-refractivity contribution in [2.45, 2.75) is 31.6 Å². The summed E-state index contributed by atoms with van der Waals surface area (Å²) in [5.74, 6) is -0.352. The van der Waals surface area contributed by atoms with Crippen molar-refractivity contribution in [3.63, 3.8) is 0 Å². The van der Waals surface area contributed by atoms with E-state index in [4.69, 9.17) is 0 Å². The largest absolute Gasteiger partial charge is 0.336 e. The normalized spacial score (nSPS) is 16.7. The van der Waals surface area contributed by atoms with Crippen LogP contribution in [0.3, 0.4) is 0 Å². The fourth-order valence-electron chi connectivity index (χ4n) is 2.44. The van der Waals surface area contributed by atoms with E-state index < -0.39 is 15.3 Å². The fourth-order valence-corrected chi connectivity index (χ4v) is 3.20. The van der Waals surface area contributed by atoms with E-state index >= 15 is 0 Å². The van der Waals surface area contributed by atoms with Crippen LogP contribution in [-0.2, 0) is 16.4 Å². The Morgan fingerprint density at radius 3 is 2.70 bits per heavy atom. The first-order valence-electron chi connectivity index (χ1n) is 7.57. The van der Waals surface area contributed by atoms with Crippen molar-refractivity contribution in [2.24, 2.45) is 0 Å². The van der Waals surface area contributed by atoms with E-state index in [1.54, 1.807) is 30.9 Å². The third kappa shape index (κ3) is 4.65. The fraction of sp³-hybridized carbons (Fsp3) is 0.533. The number of carbonyl (C=O) groups excluding carboxylic acids is 1. The summed E-state index contributed by atoms with van der Waals surface area (Å²) in [5, 5.41) is 2.15. The molecule has 0 unspecified atom stereocenters. The molecule has 8 heteroatoms. The molecule has 1 aromatic rings. The van der Waals surface area contributed by atoms with Crippen LogP contribution in [0.25, 0.3) is 0 Å². The third-order valence-electron chi connectivity index (χ3n) is 3.83. The van der Waals surface area contributed by atoms with Crippen molar-refractivity contribution < 1.29 is 17.6 Å². The molecule has 1 aromatic carbocycles. The van der Waals surface area contributed by atoms with Crippen molar-refractivity contribution in [1.29, 1.82) is 0 Å². The molecule has 0 aromatic heterocycles. The molecule has 1 aliphatic rings. The topological polar surface area (TPSA) is 78.5 Å².